The quantitative estimate of drug-likeness (QED) is 0.511. The molecule has 0 aromatic heterocycles. The van der Waals surface area contributed by atoms with Crippen molar-refractivity contribution in [2.45, 2.75) is 0 Å². The van der Waals surface area contributed by atoms with Gasteiger partial charge in [-0.25, -0.2) is 8.78 Å². The third-order valence-corrected chi connectivity index (χ3v) is 2.51. The third kappa shape index (κ3) is 3.38. The Morgan fingerprint density at radius 2 is 1.85 bits per heavy atom. The van der Waals surface area contributed by atoms with Gasteiger partial charge in [-0.1, -0.05) is 18.2 Å². The summed E-state index contributed by atoms with van der Waals surface area (Å²) in [5, 5.41) is 7.14. The van der Waals surface area contributed by atoms with Crippen LogP contribution >= 0.6 is 0 Å². The number of hydrogen-bond donors (Lipinski definition) is 2. The Bertz CT molecular complexity index is 677. The van der Waals surface area contributed by atoms with Crippen LogP contribution < -0.4 is 11.5 Å². The van der Waals surface area contributed by atoms with Crippen LogP contribution in [-0.4, -0.2) is 12.2 Å². The van der Waals surface area contributed by atoms with Crippen LogP contribution in [0.3, 0.4) is 0 Å². The average Bonchev–Trinajstić information content (AvgIpc) is 2.38. The molecule has 20 heavy (non-hydrogen) atoms. The van der Waals surface area contributed by atoms with E-state index >= 15 is 0 Å². The van der Waals surface area contributed by atoms with E-state index in [1.807, 2.05) is 0 Å². The van der Waals surface area contributed by atoms with E-state index in [9.17, 15) is 8.78 Å². The number of nitrogens with two attached hydrogens (primary N) is 2. The SMILES string of the molecule is NC(N)=NN=Cc1cccc(-c2ccc(F)cc2F)c1. The Labute approximate surface area is 114 Å². The van der Waals surface area contributed by atoms with Gasteiger partial charge in [-0.2, -0.15) is 5.10 Å². The zero-order valence-corrected chi connectivity index (χ0v) is 10.4. The highest BCUT2D eigenvalue weighted by atomic mass is 19.1. The highest BCUT2D eigenvalue weighted by Crippen LogP contribution is 2.23. The monoisotopic (exact) mass is 274 g/mol. The molecule has 0 aliphatic rings. The number of halogens is 2. The molecule has 0 fully saturated rings. The van der Waals surface area contributed by atoms with Crippen LogP contribution in [-0.2, 0) is 0 Å². The van der Waals surface area contributed by atoms with Gasteiger partial charge >= 0.3 is 0 Å². The van der Waals surface area contributed by atoms with Gasteiger partial charge in [-0.05, 0) is 29.3 Å². The highest BCUT2D eigenvalue weighted by Gasteiger charge is 2.06. The summed E-state index contributed by atoms with van der Waals surface area (Å²) in [5.41, 5.74) is 11.9. The Kier molecular flexibility index (Phi) is 4.05. The number of rotatable bonds is 3. The Morgan fingerprint density at radius 1 is 1.05 bits per heavy atom. The molecule has 0 saturated heterocycles. The van der Waals surface area contributed by atoms with Crippen molar-refractivity contribution in [2.75, 3.05) is 0 Å². The molecule has 0 radical (unpaired) electrons. The van der Waals surface area contributed by atoms with Crippen molar-refractivity contribution in [2.24, 2.45) is 21.7 Å². The highest BCUT2D eigenvalue weighted by molar-refractivity contribution is 5.83. The van der Waals surface area contributed by atoms with E-state index in [0.29, 0.717) is 16.7 Å². The molecule has 4 N–H and O–H groups in total. The molecular weight excluding hydrogens is 262 g/mol. The first-order valence-corrected chi connectivity index (χ1v) is 5.74. The smallest absolute Gasteiger partial charge is 0.211 e. The van der Waals surface area contributed by atoms with Crippen LogP contribution in [0.1, 0.15) is 5.56 Å². The van der Waals surface area contributed by atoms with Crippen molar-refractivity contribution in [1.29, 1.82) is 0 Å². The Balaban J connectivity index is 2.34. The number of hydrogen-bond acceptors (Lipinski definition) is 2. The lowest BCUT2D eigenvalue weighted by Crippen LogP contribution is -2.21. The van der Waals surface area contributed by atoms with Crippen LogP contribution in [0.25, 0.3) is 11.1 Å². The lowest BCUT2D eigenvalue weighted by atomic mass is 10.0. The van der Waals surface area contributed by atoms with E-state index in [2.05, 4.69) is 10.2 Å². The summed E-state index contributed by atoms with van der Waals surface area (Å²) in [6, 6.07) is 10.3. The van der Waals surface area contributed by atoms with Crippen LogP contribution in [0, 0.1) is 11.6 Å². The zero-order chi connectivity index (χ0) is 14.5. The fourth-order valence-electron chi connectivity index (χ4n) is 1.67. The number of nitrogens with zero attached hydrogens (tertiary/aromatic N) is 2. The maximum Gasteiger partial charge on any atom is 0.211 e. The van der Waals surface area contributed by atoms with Crippen molar-refractivity contribution < 1.29 is 8.78 Å². The molecule has 0 atom stereocenters. The molecule has 0 bridgehead atoms. The fraction of sp³-hybridized carbons (Fsp3) is 0. The first-order chi connectivity index (χ1) is 9.56. The molecular formula is C14H12F2N4. The summed E-state index contributed by atoms with van der Waals surface area (Å²) in [6.45, 7) is 0. The van der Waals surface area contributed by atoms with E-state index in [0.717, 1.165) is 6.07 Å². The summed E-state index contributed by atoms with van der Waals surface area (Å²) in [4.78, 5) is 0. The molecule has 102 valence electrons. The molecule has 2 rings (SSSR count). The van der Waals surface area contributed by atoms with E-state index in [1.54, 1.807) is 24.3 Å². The third-order valence-electron chi connectivity index (χ3n) is 2.51. The van der Waals surface area contributed by atoms with Crippen LogP contribution in [0.15, 0.2) is 52.7 Å². The standard InChI is InChI=1S/C14H12F2N4/c15-11-4-5-12(13(16)7-11)10-3-1-2-9(6-10)8-19-20-14(17)18/h1-8H,(H4,17,18,20). The van der Waals surface area contributed by atoms with Gasteiger partial charge in [-0.15, -0.1) is 5.10 Å². The van der Waals surface area contributed by atoms with Crippen molar-refractivity contribution in [3.8, 4) is 11.1 Å². The lowest BCUT2D eigenvalue weighted by Gasteiger charge is -2.04. The van der Waals surface area contributed by atoms with Crippen molar-refractivity contribution in [1.82, 2.24) is 0 Å². The van der Waals surface area contributed by atoms with Gasteiger partial charge in [0.25, 0.3) is 0 Å². The Morgan fingerprint density at radius 3 is 2.55 bits per heavy atom. The number of guanidine groups is 1. The van der Waals surface area contributed by atoms with Gasteiger partial charge < -0.3 is 11.5 Å². The molecule has 0 spiro atoms. The van der Waals surface area contributed by atoms with E-state index in [1.165, 1.54) is 18.3 Å². The van der Waals surface area contributed by atoms with Crippen molar-refractivity contribution in [3.05, 3.63) is 59.7 Å². The molecule has 6 heteroatoms. The van der Waals surface area contributed by atoms with E-state index < -0.39 is 11.6 Å². The summed E-state index contributed by atoms with van der Waals surface area (Å²) in [6.07, 6.45) is 1.44. The summed E-state index contributed by atoms with van der Waals surface area (Å²) >= 11 is 0. The molecule has 0 heterocycles. The minimum atomic E-state index is -0.622. The minimum Gasteiger partial charge on any atom is -0.369 e. The zero-order valence-electron chi connectivity index (χ0n) is 10.4. The van der Waals surface area contributed by atoms with Crippen LogP contribution in [0.4, 0.5) is 8.78 Å². The van der Waals surface area contributed by atoms with Gasteiger partial charge in [0.2, 0.25) is 5.96 Å². The first-order valence-electron chi connectivity index (χ1n) is 5.74. The summed E-state index contributed by atoms with van der Waals surface area (Å²) in [7, 11) is 0. The molecule has 0 unspecified atom stereocenters. The first kappa shape index (κ1) is 13.7. The lowest BCUT2D eigenvalue weighted by molar-refractivity contribution is 0.585. The average molecular weight is 274 g/mol. The molecule has 0 aliphatic heterocycles. The van der Waals surface area contributed by atoms with Crippen LogP contribution in [0.2, 0.25) is 0 Å². The topological polar surface area (TPSA) is 76.8 Å². The maximum atomic E-state index is 13.7. The van der Waals surface area contributed by atoms with Gasteiger partial charge in [0.15, 0.2) is 0 Å². The van der Waals surface area contributed by atoms with Crippen LogP contribution in [0.5, 0.6) is 0 Å². The van der Waals surface area contributed by atoms with Crippen molar-refractivity contribution >= 4 is 12.2 Å². The van der Waals surface area contributed by atoms with Gasteiger partial charge in [0.1, 0.15) is 11.6 Å². The fourth-order valence-corrected chi connectivity index (χ4v) is 1.67. The van der Waals surface area contributed by atoms with Crippen molar-refractivity contribution in [3.63, 3.8) is 0 Å². The predicted octanol–water partition coefficient (Wildman–Crippen LogP) is 2.24. The second-order valence-corrected chi connectivity index (χ2v) is 4.02. The summed E-state index contributed by atoms with van der Waals surface area (Å²) < 4.78 is 26.6. The van der Waals surface area contributed by atoms with Gasteiger partial charge in [0.05, 0.1) is 6.21 Å². The predicted molar refractivity (Wildman–Crippen MR) is 75.2 cm³/mol. The molecule has 4 nitrogen and oxygen atoms in total. The van der Waals surface area contributed by atoms with E-state index in [-0.39, 0.29) is 5.96 Å². The second-order valence-electron chi connectivity index (χ2n) is 4.02. The van der Waals surface area contributed by atoms with Gasteiger partial charge in [0, 0.05) is 11.6 Å². The van der Waals surface area contributed by atoms with E-state index in [4.69, 9.17) is 11.5 Å². The Hall–Kier alpha value is -2.76. The molecule has 0 aliphatic carbocycles. The second kappa shape index (κ2) is 5.92. The molecule has 0 saturated carbocycles. The molecule has 2 aromatic rings. The largest absolute Gasteiger partial charge is 0.369 e. The summed E-state index contributed by atoms with van der Waals surface area (Å²) in [5.74, 6) is -1.39. The van der Waals surface area contributed by atoms with Gasteiger partial charge in [-0.3, -0.25) is 0 Å². The number of benzene rings is 2. The molecule has 0 amide bonds. The maximum absolute atomic E-state index is 13.7. The molecule has 2 aromatic carbocycles. The minimum absolute atomic E-state index is 0.151. The normalized spacial score (nSPS) is 10.7.